The molecule has 2 aromatic rings. The van der Waals surface area contributed by atoms with Crippen molar-refractivity contribution in [3.8, 4) is 0 Å². The SMILES string of the molecule is NCC=Cc1ccccc1Nc1ccccc1. The Balaban J connectivity index is 2.23. The fraction of sp³-hybridized carbons (Fsp3) is 0.0667. The zero-order valence-corrected chi connectivity index (χ0v) is 9.64. The molecule has 0 radical (unpaired) electrons. The van der Waals surface area contributed by atoms with Gasteiger partial charge in [-0.3, -0.25) is 0 Å². The zero-order valence-electron chi connectivity index (χ0n) is 9.64. The maximum Gasteiger partial charge on any atom is 0.0457 e. The lowest BCUT2D eigenvalue weighted by molar-refractivity contribution is 1.26. The average Bonchev–Trinajstić information content (AvgIpc) is 2.39. The van der Waals surface area contributed by atoms with Gasteiger partial charge in [0.25, 0.3) is 0 Å². The number of nitrogens with two attached hydrogens (primary N) is 1. The Morgan fingerprint density at radius 3 is 2.41 bits per heavy atom. The summed E-state index contributed by atoms with van der Waals surface area (Å²) in [6.45, 7) is 0.555. The number of para-hydroxylation sites is 2. The number of anilines is 2. The zero-order chi connectivity index (χ0) is 11.9. The second-order valence-corrected chi connectivity index (χ2v) is 3.72. The minimum absolute atomic E-state index is 0.555. The number of nitrogens with one attached hydrogen (secondary N) is 1. The van der Waals surface area contributed by atoms with E-state index in [9.17, 15) is 0 Å². The summed E-state index contributed by atoms with van der Waals surface area (Å²) in [7, 11) is 0. The molecule has 0 unspecified atom stereocenters. The van der Waals surface area contributed by atoms with Crippen LogP contribution < -0.4 is 11.1 Å². The van der Waals surface area contributed by atoms with E-state index in [1.807, 2.05) is 54.6 Å². The first-order valence-corrected chi connectivity index (χ1v) is 5.68. The maximum atomic E-state index is 5.47. The molecule has 2 heteroatoms. The predicted octanol–water partition coefficient (Wildman–Crippen LogP) is 3.40. The van der Waals surface area contributed by atoms with Gasteiger partial charge in [0.2, 0.25) is 0 Å². The molecule has 0 saturated carbocycles. The van der Waals surface area contributed by atoms with E-state index >= 15 is 0 Å². The molecule has 17 heavy (non-hydrogen) atoms. The Labute approximate surface area is 102 Å². The van der Waals surface area contributed by atoms with Crippen LogP contribution in [0.4, 0.5) is 11.4 Å². The van der Waals surface area contributed by atoms with Crippen molar-refractivity contribution < 1.29 is 0 Å². The van der Waals surface area contributed by atoms with Gasteiger partial charge in [-0.15, -0.1) is 0 Å². The monoisotopic (exact) mass is 224 g/mol. The highest BCUT2D eigenvalue weighted by Crippen LogP contribution is 2.21. The lowest BCUT2D eigenvalue weighted by Gasteiger charge is -2.09. The molecule has 0 saturated heterocycles. The number of hydrogen-bond donors (Lipinski definition) is 2. The first-order chi connectivity index (χ1) is 8.40. The fourth-order valence-electron chi connectivity index (χ4n) is 1.63. The maximum absolute atomic E-state index is 5.47. The Kier molecular flexibility index (Phi) is 3.95. The second kappa shape index (κ2) is 5.87. The van der Waals surface area contributed by atoms with E-state index in [-0.39, 0.29) is 0 Å². The van der Waals surface area contributed by atoms with Crippen LogP contribution in [-0.2, 0) is 0 Å². The summed E-state index contributed by atoms with van der Waals surface area (Å²) >= 11 is 0. The standard InChI is InChI=1S/C15H16N2/c16-12-6-8-13-7-4-5-11-15(13)17-14-9-2-1-3-10-14/h1-11,17H,12,16H2. The first-order valence-electron chi connectivity index (χ1n) is 5.68. The van der Waals surface area contributed by atoms with E-state index in [0.717, 1.165) is 16.9 Å². The van der Waals surface area contributed by atoms with Crippen LogP contribution in [0, 0.1) is 0 Å². The van der Waals surface area contributed by atoms with Gasteiger partial charge in [0, 0.05) is 17.9 Å². The minimum Gasteiger partial charge on any atom is -0.355 e. The molecule has 2 rings (SSSR count). The highest BCUT2D eigenvalue weighted by atomic mass is 14.9. The molecule has 0 spiro atoms. The normalized spacial score (nSPS) is 10.6. The summed E-state index contributed by atoms with van der Waals surface area (Å²) in [5.74, 6) is 0. The van der Waals surface area contributed by atoms with Crippen molar-refractivity contribution in [2.75, 3.05) is 11.9 Å². The molecule has 0 bridgehead atoms. The van der Waals surface area contributed by atoms with Gasteiger partial charge in [0.05, 0.1) is 0 Å². The summed E-state index contributed by atoms with van der Waals surface area (Å²) in [6.07, 6.45) is 3.98. The van der Waals surface area contributed by atoms with Crippen molar-refractivity contribution in [1.82, 2.24) is 0 Å². The number of hydrogen-bond acceptors (Lipinski definition) is 2. The molecule has 0 heterocycles. The van der Waals surface area contributed by atoms with Crippen LogP contribution in [-0.4, -0.2) is 6.54 Å². The Hall–Kier alpha value is -2.06. The van der Waals surface area contributed by atoms with E-state index in [1.54, 1.807) is 0 Å². The Bertz CT molecular complexity index is 489. The largest absolute Gasteiger partial charge is 0.355 e. The van der Waals surface area contributed by atoms with E-state index < -0.39 is 0 Å². The molecular weight excluding hydrogens is 208 g/mol. The predicted molar refractivity (Wildman–Crippen MR) is 74.3 cm³/mol. The Morgan fingerprint density at radius 1 is 0.941 bits per heavy atom. The van der Waals surface area contributed by atoms with E-state index in [2.05, 4.69) is 17.4 Å². The summed E-state index contributed by atoms with van der Waals surface area (Å²) in [4.78, 5) is 0. The van der Waals surface area contributed by atoms with Crippen LogP contribution in [0.1, 0.15) is 5.56 Å². The van der Waals surface area contributed by atoms with Gasteiger partial charge in [0.15, 0.2) is 0 Å². The van der Waals surface area contributed by atoms with Crippen LogP contribution in [0.5, 0.6) is 0 Å². The lowest BCUT2D eigenvalue weighted by Crippen LogP contribution is -1.94. The molecule has 86 valence electrons. The van der Waals surface area contributed by atoms with Gasteiger partial charge in [-0.2, -0.15) is 0 Å². The molecule has 3 N–H and O–H groups in total. The molecule has 0 atom stereocenters. The van der Waals surface area contributed by atoms with Crippen LogP contribution >= 0.6 is 0 Å². The summed E-state index contributed by atoms with van der Waals surface area (Å²) in [5.41, 5.74) is 8.78. The third kappa shape index (κ3) is 3.20. The molecule has 0 aromatic heterocycles. The van der Waals surface area contributed by atoms with Gasteiger partial charge in [0.1, 0.15) is 0 Å². The van der Waals surface area contributed by atoms with Crippen LogP contribution in [0.15, 0.2) is 60.7 Å². The van der Waals surface area contributed by atoms with Crippen molar-refractivity contribution in [3.05, 3.63) is 66.2 Å². The van der Waals surface area contributed by atoms with Crippen molar-refractivity contribution in [2.45, 2.75) is 0 Å². The van der Waals surface area contributed by atoms with Crippen LogP contribution in [0.3, 0.4) is 0 Å². The van der Waals surface area contributed by atoms with Gasteiger partial charge >= 0.3 is 0 Å². The molecule has 0 aliphatic carbocycles. The van der Waals surface area contributed by atoms with Crippen LogP contribution in [0.2, 0.25) is 0 Å². The molecule has 0 amide bonds. The summed E-state index contributed by atoms with van der Waals surface area (Å²) < 4.78 is 0. The Morgan fingerprint density at radius 2 is 1.65 bits per heavy atom. The van der Waals surface area contributed by atoms with Gasteiger partial charge in [-0.25, -0.2) is 0 Å². The topological polar surface area (TPSA) is 38.0 Å². The molecular formula is C15H16N2. The molecule has 2 aromatic carbocycles. The fourth-order valence-corrected chi connectivity index (χ4v) is 1.63. The average molecular weight is 224 g/mol. The van der Waals surface area contributed by atoms with Crippen molar-refractivity contribution in [3.63, 3.8) is 0 Å². The number of benzene rings is 2. The third-order valence-corrected chi connectivity index (χ3v) is 2.45. The molecule has 2 nitrogen and oxygen atoms in total. The first kappa shape index (κ1) is 11.4. The van der Waals surface area contributed by atoms with Crippen molar-refractivity contribution in [1.29, 1.82) is 0 Å². The van der Waals surface area contributed by atoms with Crippen molar-refractivity contribution >= 4 is 17.5 Å². The van der Waals surface area contributed by atoms with E-state index in [1.165, 1.54) is 0 Å². The van der Waals surface area contributed by atoms with Gasteiger partial charge in [-0.1, -0.05) is 48.6 Å². The van der Waals surface area contributed by atoms with E-state index in [0.29, 0.717) is 6.54 Å². The summed E-state index contributed by atoms with van der Waals surface area (Å²) in [5, 5.41) is 3.39. The summed E-state index contributed by atoms with van der Waals surface area (Å²) in [6, 6.07) is 18.3. The molecule has 0 aliphatic heterocycles. The van der Waals surface area contributed by atoms with Gasteiger partial charge < -0.3 is 11.1 Å². The minimum atomic E-state index is 0.555. The van der Waals surface area contributed by atoms with Crippen molar-refractivity contribution in [2.24, 2.45) is 5.73 Å². The smallest absolute Gasteiger partial charge is 0.0457 e. The van der Waals surface area contributed by atoms with Gasteiger partial charge in [-0.05, 0) is 23.8 Å². The second-order valence-electron chi connectivity index (χ2n) is 3.72. The quantitative estimate of drug-likeness (QED) is 0.835. The molecule has 0 fully saturated rings. The highest BCUT2D eigenvalue weighted by Gasteiger charge is 1.98. The lowest BCUT2D eigenvalue weighted by atomic mass is 10.1. The highest BCUT2D eigenvalue weighted by molar-refractivity contribution is 5.71. The number of rotatable bonds is 4. The van der Waals surface area contributed by atoms with Crippen LogP contribution in [0.25, 0.3) is 6.08 Å². The third-order valence-electron chi connectivity index (χ3n) is 2.45. The molecule has 0 aliphatic rings. The van der Waals surface area contributed by atoms with E-state index in [4.69, 9.17) is 5.73 Å².